The number of nitrogens with two attached hydrogens (primary N) is 1. The number of nitrogens with zero attached hydrogens (tertiary/aromatic N) is 2. The molecule has 1 unspecified atom stereocenters. The van der Waals surface area contributed by atoms with Crippen LogP contribution in [-0.4, -0.2) is 28.9 Å². The number of alkyl halides is 1. The molecule has 0 aliphatic carbocycles. The number of rotatable bonds is 3. The molecule has 2 heterocycles. The molecule has 1 aliphatic rings. The molecule has 1 aliphatic heterocycles. The second kappa shape index (κ2) is 5.29. The summed E-state index contributed by atoms with van der Waals surface area (Å²) in [5.74, 6) is -0.533. The van der Waals surface area contributed by atoms with Gasteiger partial charge in [0.25, 0.3) is 5.91 Å². The van der Waals surface area contributed by atoms with Gasteiger partial charge in [0.1, 0.15) is 12.4 Å². The van der Waals surface area contributed by atoms with E-state index >= 15 is 0 Å². The summed E-state index contributed by atoms with van der Waals surface area (Å²) in [7, 11) is 0. The molecule has 1 aromatic heterocycles. The minimum Gasteiger partial charge on any atom is -0.365 e. The van der Waals surface area contributed by atoms with E-state index in [1.807, 2.05) is 31.2 Å². The topological polar surface area (TPSA) is 72.9 Å². The number of hydrogen-bond acceptors (Lipinski definition) is 3. The predicted molar refractivity (Wildman–Crippen MR) is 77.6 cm³/mol. The maximum absolute atomic E-state index is 13.1. The Morgan fingerprint density at radius 3 is 3.05 bits per heavy atom. The largest absolute Gasteiger partial charge is 0.365 e. The lowest BCUT2D eigenvalue weighted by Crippen LogP contribution is -2.35. The van der Waals surface area contributed by atoms with E-state index in [1.54, 1.807) is 4.68 Å². The smallest absolute Gasteiger partial charge is 0.252 e. The number of carbonyl (C=O) groups excluding carboxylic acids is 1. The average Bonchev–Trinajstić information content (AvgIpc) is 2.86. The molecule has 5 nitrogen and oxygen atoms in total. The lowest BCUT2D eigenvalue weighted by molar-refractivity contribution is 0.0999. The molecule has 110 valence electrons. The number of nitrogens with one attached hydrogen (secondary N) is 1. The Kier molecular flexibility index (Phi) is 3.47. The normalized spacial score (nSPS) is 17.5. The monoisotopic (exact) mass is 288 g/mol. The predicted octanol–water partition coefficient (Wildman–Crippen LogP) is 1.57. The Bertz CT molecular complexity index is 695. The third-order valence-electron chi connectivity index (χ3n) is 3.74. The number of halogens is 1. The van der Waals surface area contributed by atoms with Crippen molar-refractivity contribution in [2.75, 3.05) is 13.2 Å². The van der Waals surface area contributed by atoms with Crippen LogP contribution in [0.15, 0.2) is 24.3 Å². The highest BCUT2D eigenvalue weighted by Gasteiger charge is 2.29. The molecular formula is C15H17FN4O. The SMILES string of the molecule is Cc1cccc(-c2nn3c(c2C(N)=O)CNCC3CF)c1. The van der Waals surface area contributed by atoms with Crippen molar-refractivity contribution >= 4 is 5.91 Å². The molecule has 1 amide bonds. The zero-order valence-corrected chi connectivity index (χ0v) is 11.8. The van der Waals surface area contributed by atoms with Crippen LogP contribution >= 0.6 is 0 Å². The number of primary amides is 1. The molecule has 3 rings (SSSR count). The maximum Gasteiger partial charge on any atom is 0.252 e. The van der Waals surface area contributed by atoms with Crippen molar-refractivity contribution in [1.29, 1.82) is 0 Å². The zero-order valence-electron chi connectivity index (χ0n) is 11.8. The van der Waals surface area contributed by atoms with Crippen molar-refractivity contribution in [3.8, 4) is 11.3 Å². The minimum absolute atomic E-state index is 0.381. The van der Waals surface area contributed by atoms with Crippen molar-refractivity contribution in [1.82, 2.24) is 15.1 Å². The van der Waals surface area contributed by atoms with E-state index in [0.29, 0.717) is 30.0 Å². The number of aryl methyl sites for hydroxylation is 1. The first-order valence-corrected chi connectivity index (χ1v) is 6.86. The Morgan fingerprint density at radius 1 is 1.57 bits per heavy atom. The Labute approximate surface area is 121 Å². The van der Waals surface area contributed by atoms with Gasteiger partial charge in [0.2, 0.25) is 0 Å². The molecule has 0 fully saturated rings. The van der Waals surface area contributed by atoms with Crippen LogP contribution in [0.25, 0.3) is 11.3 Å². The summed E-state index contributed by atoms with van der Waals surface area (Å²) in [6.07, 6.45) is 0. The van der Waals surface area contributed by atoms with Gasteiger partial charge in [0.15, 0.2) is 0 Å². The van der Waals surface area contributed by atoms with Crippen LogP contribution in [0, 0.1) is 6.92 Å². The van der Waals surface area contributed by atoms with E-state index in [2.05, 4.69) is 10.4 Å². The molecule has 1 aromatic carbocycles. The van der Waals surface area contributed by atoms with Crippen LogP contribution in [0.2, 0.25) is 0 Å². The second-order valence-electron chi connectivity index (χ2n) is 5.29. The number of hydrogen-bond donors (Lipinski definition) is 2. The van der Waals surface area contributed by atoms with Gasteiger partial charge < -0.3 is 11.1 Å². The molecule has 0 saturated heterocycles. The molecule has 0 radical (unpaired) electrons. The van der Waals surface area contributed by atoms with Gasteiger partial charge in [-0.1, -0.05) is 23.8 Å². The van der Waals surface area contributed by atoms with Crippen molar-refractivity contribution in [3.63, 3.8) is 0 Å². The quantitative estimate of drug-likeness (QED) is 0.900. The average molecular weight is 288 g/mol. The van der Waals surface area contributed by atoms with E-state index in [4.69, 9.17) is 5.73 Å². The van der Waals surface area contributed by atoms with Gasteiger partial charge in [-0.15, -0.1) is 0 Å². The fourth-order valence-corrected chi connectivity index (χ4v) is 2.76. The first-order chi connectivity index (χ1) is 10.1. The molecule has 2 aromatic rings. The van der Waals surface area contributed by atoms with Crippen LogP contribution in [0.1, 0.15) is 27.7 Å². The first kappa shape index (κ1) is 13.8. The van der Waals surface area contributed by atoms with E-state index in [9.17, 15) is 9.18 Å². The maximum atomic E-state index is 13.1. The first-order valence-electron chi connectivity index (χ1n) is 6.86. The summed E-state index contributed by atoms with van der Waals surface area (Å²) < 4.78 is 14.8. The highest BCUT2D eigenvalue weighted by atomic mass is 19.1. The number of benzene rings is 1. The van der Waals surface area contributed by atoms with E-state index in [-0.39, 0.29) is 0 Å². The Hall–Kier alpha value is -2.21. The van der Waals surface area contributed by atoms with Gasteiger partial charge in [0.05, 0.1) is 17.3 Å². The fraction of sp³-hybridized carbons (Fsp3) is 0.333. The summed E-state index contributed by atoms with van der Waals surface area (Å²) in [4.78, 5) is 11.9. The molecular weight excluding hydrogens is 271 g/mol. The zero-order chi connectivity index (χ0) is 15.0. The van der Waals surface area contributed by atoms with Crippen molar-refractivity contribution < 1.29 is 9.18 Å². The standard InChI is InChI=1S/C15H17FN4O/c1-9-3-2-4-10(5-9)14-13(15(17)21)12-8-18-7-11(6-16)20(12)19-14/h2-5,11,18H,6-8H2,1H3,(H2,17,21). The van der Waals surface area contributed by atoms with Gasteiger partial charge in [-0.05, 0) is 13.0 Å². The molecule has 0 spiro atoms. The number of aromatic nitrogens is 2. The van der Waals surface area contributed by atoms with E-state index < -0.39 is 18.6 Å². The highest BCUT2D eigenvalue weighted by Crippen LogP contribution is 2.29. The number of fused-ring (bicyclic) bond motifs is 1. The number of carbonyl (C=O) groups is 1. The minimum atomic E-state index is -0.535. The third kappa shape index (κ3) is 2.31. The summed E-state index contributed by atoms with van der Waals surface area (Å²) in [6.45, 7) is 2.40. The van der Waals surface area contributed by atoms with Crippen LogP contribution in [0.3, 0.4) is 0 Å². The molecule has 1 atom stereocenters. The molecule has 0 saturated carbocycles. The van der Waals surface area contributed by atoms with Crippen LogP contribution in [0.5, 0.6) is 0 Å². The van der Waals surface area contributed by atoms with E-state index in [0.717, 1.165) is 11.1 Å². The summed E-state index contributed by atoms with van der Waals surface area (Å²) in [5.41, 5.74) is 8.99. The lowest BCUT2D eigenvalue weighted by Gasteiger charge is -2.23. The molecule has 6 heteroatoms. The molecule has 21 heavy (non-hydrogen) atoms. The van der Waals surface area contributed by atoms with Gasteiger partial charge >= 0.3 is 0 Å². The summed E-state index contributed by atoms with van der Waals surface area (Å²) in [6, 6.07) is 7.30. The second-order valence-corrected chi connectivity index (χ2v) is 5.29. The van der Waals surface area contributed by atoms with Crippen LogP contribution in [0.4, 0.5) is 4.39 Å². The summed E-state index contributed by atoms with van der Waals surface area (Å²) >= 11 is 0. The van der Waals surface area contributed by atoms with Crippen molar-refractivity contribution in [3.05, 3.63) is 41.1 Å². The van der Waals surface area contributed by atoms with Gasteiger partial charge in [-0.3, -0.25) is 9.48 Å². The van der Waals surface area contributed by atoms with Gasteiger partial charge in [-0.25, -0.2) is 4.39 Å². The molecule has 0 bridgehead atoms. The third-order valence-corrected chi connectivity index (χ3v) is 3.74. The fourth-order valence-electron chi connectivity index (χ4n) is 2.76. The van der Waals surface area contributed by atoms with Crippen LogP contribution < -0.4 is 11.1 Å². The number of amides is 1. The van der Waals surface area contributed by atoms with Crippen LogP contribution in [-0.2, 0) is 6.54 Å². The van der Waals surface area contributed by atoms with Crippen molar-refractivity contribution in [2.24, 2.45) is 5.73 Å². The van der Waals surface area contributed by atoms with Crippen molar-refractivity contribution in [2.45, 2.75) is 19.5 Å². The summed E-state index contributed by atoms with van der Waals surface area (Å²) in [5, 5.41) is 7.58. The lowest BCUT2D eigenvalue weighted by atomic mass is 10.0. The highest BCUT2D eigenvalue weighted by molar-refractivity contribution is 6.00. The van der Waals surface area contributed by atoms with E-state index in [1.165, 1.54) is 0 Å². The van der Waals surface area contributed by atoms with Gasteiger partial charge in [-0.2, -0.15) is 5.10 Å². The Morgan fingerprint density at radius 2 is 2.38 bits per heavy atom. The Balaban J connectivity index is 2.21. The van der Waals surface area contributed by atoms with Gasteiger partial charge in [0, 0.05) is 18.7 Å². The molecule has 3 N–H and O–H groups in total.